The predicted molar refractivity (Wildman–Crippen MR) is 97.6 cm³/mol. The molecule has 4 rings (SSSR count). The Balaban J connectivity index is 1.64. The van der Waals surface area contributed by atoms with Gasteiger partial charge in [0.05, 0.1) is 30.2 Å². The van der Waals surface area contributed by atoms with E-state index in [9.17, 15) is 36.2 Å². The number of halogens is 6. The Morgan fingerprint density at radius 2 is 1.88 bits per heavy atom. The van der Waals surface area contributed by atoms with Gasteiger partial charge in [-0.15, -0.1) is 0 Å². The van der Waals surface area contributed by atoms with E-state index in [4.69, 9.17) is 0 Å². The molecular formula is C19H21F6N5O2. The summed E-state index contributed by atoms with van der Waals surface area (Å²) in [6.07, 6.45) is -6.83. The van der Waals surface area contributed by atoms with Gasteiger partial charge in [0.25, 0.3) is 5.91 Å². The van der Waals surface area contributed by atoms with E-state index >= 15 is 0 Å². The second kappa shape index (κ2) is 7.22. The molecule has 7 nitrogen and oxygen atoms in total. The van der Waals surface area contributed by atoms with Gasteiger partial charge in [-0.25, -0.2) is 4.98 Å². The smallest absolute Gasteiger partial charge is 0.374 e. The SMILES string of the molecule is C[C@H]1CN(C(=O)c2cc(C3CC3)nn2CC(F)(F)F)Cc2cnc([C@@](C)(O)C(F)(F)F)n21. The Morgan fingerprint density at radius 3 is 2.44 bits per heavy atom. The third-order valence-electron chi connectivity index (χ3n) is 5.77. The van der Waals surface area contributed by atoms with Crippen LogP contribution in [0.15, 0.2) is 12.3 Å². The summed E-state index contributed by atoms with van der Waals surface area (Å²) in [5.41, 5.74) is -2.75. The maximum absolute atomic E-state index is 13.3. The number of rotatable bonds is 4. The third-order valence-corrected chi connectivity index (χ3v) is 5.77. The van der Waals surface area contributed by atoms with Crippen LogP contribution in [0.3, 0.4) is 0 Å². The van der Waals surface area contributed by atoms with Crippen molar-refractivity contribution in [1.29, 1.82) is 0 Å². The zero-order valence-electron chi connectivity index (χ0n) is 17.2. The molecule has 2 aliphatic rings. The van der Waals surface area contributed by atoms with Gasteiger partial charge in [-0.05, 0) is 32.8 Å². The molecule has 0 aromatic carbocycles. The first-order chi connectivity index (χ1) is 14.7. The van der Waals surface area contributed by atoms with Crippen LogP contribution in [0.5, 0.6) is 0 Å². The van der Waals surface area contributed by atoms with Crippen molar-refractivity contribution in [3.05, 3.63) is 35.2 Å². The number of hydrogen-bond acceptors (Lipinski definition) is 4. The zero-order valence-corrected chi connectivity index (χ0v) is 17.2. The van der Waals surface area contributed by atoms with Crippen molar-refractivity contribution in [1.82, 2.24) is 24.2 Å². The Kier molecular flexibility index (Phi) is 5.10. The predicted octanol–water partition coefficient (Wildman–Crippen LogP) is 3.51. The van der Waals surface area contributed by atoms with Gasteiger partial charge in [0.2, 0.25) is 5.60 Å². The molecule has 0 bridgehead atoms. The van der Waals surface area contributed by atoms with Crippen LogP contribution in [0, 0.1) is 0 Å². The summed E-state index contributed by atoms with van der Waals surface area (Å²) in [4.78, 5) is 18.1. The third kappa shape index (κ3) is 3.97. The van der Waals surface area contributed by atoms with Crippen molar-refractivity contribution in [3.63, 3.8) is 0 Å². The molecule has 0 unspecified atom stereocenters. The van der Waals surface area contributed by atoms with E-state index in [0.717, 1.165) is 19.0 Å². The van der Waals surface area contributed by atoms with Crippen LogP contribution in [0.1, 0.15) is 66.3 Å². The van der Waals surface area contributed by atoms with Crippen LogP contribution >= 0.6 is 0 Å². The molecule has 0 radical (unpaired) electrons. The molecule has 13 heteroatoms. The van der Waals surface area contributed by atoms with Gasteiger partial charge in [-0.3, -0.25) is 9.48 Å². The molecule has 1 fully saturated rings. The van der Waals surface area contributed by atoms with Gasteiger partial charge in [-0.2, -0.15) is 31.4 Å². The summed E-state index contributed by atoms with van der Waals surface area (Å²) < 4.78 is 80.8. The first kappa shape index (κ1) is 22.6. The Morgan fingerprint density at radius 1 is 1.22 bits per heavy atom. The Hall–Kier alpha value is -2.57. The van der Waals surface area contributed by atoms with Gasteiger partial charge in [0.15, 0.2) is 5.82 Å². The summed E-state index contributed by atoms with van der Waals surface area (Å²) in [5.74, 6) is -1.26. The van der Waals surface area contributed by atoms with Crippen molar-refractivity contribution in [3.8, 4) is 0 Å². The number of aromatic nitrogens is 4. The molecule has 1 amide bonds. The van der Waals surface area contributed by atoms with E-state index < -0.39 is 42.3 Å². The fourth-order valence-electron chi connectivity index (χ4n) is 3.95. The van der Waals surface area contributed by atoms with E-state index in [0.29, 0.717) is 17.3 Å². The number of amides is 1. The number of imidazole rings is 1. The average Bonchev–Trinajstić information content (AvgIpc) is 3.27. The molecule has 1 aliphatic heterocycles. The molecule has 0 saturated heterocycles. The normalized spacial score (nSPS) is 21.4. The average molecular weight is 465 g/mol. The van der Waals surface area contributed by atoms with E-state index in [-0.39, 0.29) is 30.4 Å². The maximum Gasteiger partial charge on any atom is 0.424 e. The maximum atomic E-state index is 13.3. The molecule has 1 saturated carbocycles. The number of hydrogen-bond donors (Lipinski definition) is 1. The lowest BCUT2D eigenvalue weighted by atomic mass is 10.0. The van der Waals surface area contributed by atoms with Crippen molar-refractivity contribution in [2.75, 3.05) is 6.54 Å². The molecule has 2 atom stereocenters. The van der Waals surface area contributed by atoms with Crippen LogP contribution in [0.25, 0.3) is 0 Å². The molecule has 32 heavy (non-hydrogen) atoms. The summed E-state index contributed by atoms with van der Waals surface area (Å²) >= 11 is 0. The molecular weight excluding hydrogens is 444 g/mol. The molecule has 3 heterocycles. The van der Waals surface area contributed by atoms with Gasteiger partial charge in [0, 0.05) is 12.5 Å². The van der Waals surface area contributed by atoms with Gasteiger partial charge in [0.1, 0.15) is 12.2 Å². The van der Waals surface area contributed by atoms with Crippen molar-refractivity contribution >= 4 is 5.91 Å². The zero-order chi connectivity index (χ0) is 23.6. The highest BCUT2D eigenvalue weighted by Crippen LogP contribution is 2.41. The Bertz CT molecular complexity index is 1030. The minimum absolute atomic E-state index is 0.0323. The summed E-state index contributed by atoms with van der Waals surface area (Å²) in [5, 5.41) is 14.0. The second-order valence-electron chi connectivity index (χ2n) is 8.55. The van der Waals surface area contributed by atoms with Crippen molar-refractivity contribution < 1.29 is 36.2 Å². The minimum atomic E-state index is -4.97. The van der Waals surface area contributed by atoms with E-state index in [1.165, 1.54) is 15.5 Å². The van der Waals surface area contributed by atoms with Gasteiger partial charge in [-0.1, -0.05) is 0 Å². The lowest BCUT2D eigenvalue weighted by Crippen LogP contribution is -2.46. The second-order valence-corrected chi connectivity index (χ2v) is 8.55. The van der Waals surface area contributed by atoms with Gasteiger partial charge >= 0.3 is 12.4 Å². The van der Waals surface area contributed by atoms with E-state index in [1.807, 2.05) is 0 Å². The molecule has 0 spiro atoms. The lowest BCUT2D eigenvalue weighted by Gasteiger charge is -2.36. The van der Waals surface area contributed by atoms with Crippen LogP contribution in [-0.2, 0) is 18.7 Å². The number of carbonyl (C=O) groups is 1. The first-order valence-electron chi connectivity index (χ1n) is 9.98. The minimum Gasteiger partial charge on any atom is -0.374 e. The van der Waals surface area contributed by atoms with Crippen molar-refractivity contribution in [2.45, 2.75) is 69.7 Å². The highest BCUT2D eigenvalue weighted by molar-refractivity contribution is 5.93. The molecule has 2 aromatic heterocycles. The van der Waals surface area contributed by atoms with Crippen LogP contribution in [0.4, 0.5) is 26.3 Å². The molecule has 1 aliphatic carbocycles. The summed E-state index contributed by atoms with van der Waals surface area (Å²) in [7, 11) is 0. The number of aliphatic hydroxyl groups is 1. The largest absolute Gasteiger partial charge is 0.424 e. The summed E-state index contributed by atoms with van der Waals surface area (Å²) in [6, 6.07) is 0.665. The Labute approximate surface area is 178 Å². The van der Waals surface area contributed by atoms with Crippen LogP contribution < -0.4 is 0 Å². The van der Waals surface area contributed by atoms with Crippen LogP contribution in [0.2, 0.25) is 0 Å². The number of carbonyl (C=O) groups excluding carboxylic acids is 1. The molecule has 2 aromatic rings. The standard InChI is InChI=1S/C19H21F6N5O2/c1-10-7-28(8-12-6-26-16(30(10)12)17(2,32)19(23,24)25)15(31)14-5-13(11-3-4-11)27-29(14)9-18(20,21)22/h5-6,10-11,32H,3-4,7-9H2,1-2H3/t10-,17+/m0/s1. The fourth-order valence-corrected chi connectivity index (χ4v) is 3.95. The highest BCUT2D eigenvalue weighted by Gasteiger charge is 2.55. The first-order valence-corrected chi connectivity index (χ1v) is 9.98. The van der Waals surface area contributed by atoms with E-state index in [2.05, 4.69) is 10.1 Å². The molecule has 176 valence electrons. The molecule has 1 N–H and O–H groups in total. The topological polar surface area (TPSA) is 76.2 Å². The highest BCUT2D eigenvalue weighted by atomic mass is 19.4. The number of fused-ring (bicyclic) bond motifs is 1. The fraction of sp³-hybridized carbons (Fsp3) is 0.632. The van der Waals surface area contributed by atoms with E-state index in [1.54, 1.807) is 6.92 Å². The van der Waals surface area contributed by atoms with Crippen molar-refractivity contribution in [2.24, 2.45) is 0 Å². The van der Waals surface area contributed by atoms with Gasteiger partial charge < -0.3 is 14.6 Å². The van der Waals surface area contributed by atoms with Crippen LogP contribution in [-0.4, -0.2) is 54.1 Å². The number of nitrogens with zero attached hydrogens (tertiary/aromatic N) is 5. The lowest BCUT2D eigenvalue weighted by molar-refractivity contribution is -0.263. The number of alkyl halides is 6. The summed E-state index contributed by atoms with van der Waals surface area (Å²) in [6.45, 7) is 0.491. The quantitative estimate of drug-likeness (QED) is 0.702. The monoisotopic (exact) mass is 465 g/mol.